The van der Waals surface area contributed by atoms with E-state index < -0.39 is 58.6 Å². The van der Waals surface area contributed by atoms with Crippen molar-refractivity contribution in [2.24, 2.45) is 0 Å². The molecule has 2 aromatic rings. The first-order valence-electron chi connectivity index (χ1n) is 11.1. The van der Waals surface area contributed by atoms with Gasteiger partial charge in [-0.15, -0.1) is 0 Å². The summed E-state index contributed by atoms with van der Waals surface area (Å²) < 4.78 is 6.81. The van der Waals surface area contributed by atoms with Gasteiger partial charge in [0, 0.05) is 20.1 Å². The second kappa shape index (κ2) is 25.7. The zero-order valence-electron chi connectivity index (χ0n) is 22.4. The fraction of sp³-hybridized carbons (Fsp3) is 0.538. The Kier molecular flexibility index (Phi) is 30.7. The van der Waals surface area contributed by atoms with Gasteiger partial charge in [0.25, 0.3) is 0 Å². The Morgan fingerprint density at radius 2 is 0.636 bits per heavy atom. The molecule has 0 aliphatic carbocycles. The van der Waals surface area contributed by atoms with Gasteiger partial charge in [0.15, 0.2) is 0 Å². The molecule has 191 valence electrons. The summed E-state index contributed by atoms with van der Waals surface area (Å²) in [4.78, 5) is 0. The normalized spacial score (nSPS) is 9.94. The third-order valence-electron chi connectivity index (χ3n) is 4.10. The first kappa shape index (κ1) is 39.5. The monoisotopic (exact) mass is 821 g/mol. The molecule has 0 aliphatic heterocycles. The van der Waals surface area contributed by atoms with Gasteiger partial charge in [-0.3, -0.25) is 0 Å². The molecule has 33 heavy (non-hydrogen) atoms. The fourth-order valence-corrected chi connectivity index (χ4v) is 18.9. The van der Waals surface area contributed by atoms with E-state index in [1.165, 1.54) is 0 Å². The Labute approximate surface area is 250 Å². The van der Waals surface area contributed by atoms with Crippen molar-refractivity contribution in [2.45, 2.75) is 72.4 Å². The van der Waals surface area contributed by atoms with Crippen LogP contribution in [0.15, 0.2) is 48.5 Å². The van der Waals surface area contributed by atoms with Crippen molar-refractivity contribution in [3.05, 3.63) is 48.5 Å². The Bertz CT molecular complexity index is 578. The van der Waals surface area contributed by atoms with E-state index >= 15 is 0 Å². The molecule has 0 saturated carbocycles. The second-order valence-electron chi connectivity index (χ2n) is 7.96. The van der Waals surface area contributed by atoms with E-state index in [4.69, 9.17) is 0 Å². The summed E-state index contributed by atoms with van der Waals surface area (Å²) in [5, 5.41) is 0. The maximum absolute atomic E-state index is 4.55. The molecule has 0 saturated heterocycles. The summed E-state index contributed by atoms with van der Waals surface area (Å²) >= 11 is 6.50. The standard InChI is InChI=1S/2C10H16As2.2C3H8S.Tc/c2*1-11(2)9-7-5-6-8-10(9)12(3)4;2*1-2-3-4;/h2*5-8H,1-4H3;2*4H,2-3H2,1H3;/p-2/i;;;;1+1. The number of rotatable bonds is 6. The quantitative estimate of drug-likeness (QED) is 0.294. The number of hydrogen-bond donors (Lipinski definition) is 0. The summed E-state index contributed by atoms with van der Waals surface area (Å²) in [7, 11) is 0. The van der Waals surface area contributed by atoms with Gasteiger partial charge in [-0.25, -0.2) is 0 Å². The van der Waals surface area contributed by atoms with Crippen LogP contribution in [0.3, 0.4) is 0 Å². The molecule has 0 nitrogen and oxygen atoms in total. The van der Waals surface area contributed by atoms with Crippen LogP contribution in [0.5, 0.6) is 0 Å². The fourth-order valence-electron chi connectivity index (χ4n) is 2.44. The van der Waals surface area contributed by atoms with Crippen LogP contribution in [0.1, 0.15) is 26.7 Å². The van der Waals surface area contributed by atoms with Crippen molar-refractivity contribution in [1.29, 1.82) is 0 Å². The van der Waals surface area contributed by atoms with E-state index in [2.05, 4.69) is 133 Å². The smallest absolute Gasteiger partial charge is 0 e. The van der Waals surface area contributed by atoms with Gasteiger partial charge in [0.2, 0.25) is 0 Å². The van der Waals surface area contributed by atoms with E-state index in [-0.39, 0.29) is 20.1 Å². The summed E-state index contributed by atoms with van der Waals surface area (Å²) in [6.07, 6.45) is 2.27. The van der Waals surface area contributed by atoms with Crippen molar-refractivity contribution < 1.29 is 20.1 Å². The molecule has 0 amide bonds. The van der Waals surface area contributed by atoms with Crippen LogP contribution in [0, 0.1) is 0 Å². The van der Waals surface area contributed by atoms with Gasteiger partial charge in [0.1, 0.15) is 0 Å². The summed E-state index contributed by atoms with van der Waals surface area (Å²) in [6.45, 7) is 4.15. The first-order chi connectivity index (χ1) is 15.1. The maximum atomic E-state index is 4.55. The van der Waals surface area contributed by atoms with Gasteiger partial charge in [-0.05, 0) is 0 Å². The largest absolute Gasteiger partial charge is 0 e. The van der Waals surface area contributed by atoms with Gasteiger partial charge >= 0.3 is 170 Å². The average molecular weight is 821 g/mol. The molecule has 0 fully saturated rings. The van der Waals surface area contributed by atoms with Crippen LogP contribution in [0.4, 0.5) is 0 Å². The Hall–Kier alpha value is 2.02. The minimum absolute atomic E-state index is 0. The Morgan fingerprint density at radius 3 is 0.727 bits per heavy atom. The molecule has 0 N–H and O–H groups in total. The van der Waals surface area contributed by atoms with Crippen LogP contribution in [0.2, 0.25) is 45.7 Å². The van der Waals surface area contributed by atoms with Crippen LogP contribution in [0.25, 0.3) is 0 Å². The topological polar surface area (TPSA) is 0 Å². The number of hydrogen-bond acceptors (Lipinski definition) is 2. The van der Waals surface area contributed by atoms with Crippen molar-refractivity contribution in [3.63, 3.8) is 0 Å². The first-order valence-corrected chi connectivity index (χ1v) is 31.0. The van der Waals surface area contributed by atoms with Crippen molar-refractivity contribution >= 4 is 101 Å². The summed E-state index contributed by atoms with van der Waals surface area (Å²) in [5.41, 5.74) is 19.4. The zero-order chi connectivity index (χ0) is 25.1. The van der Waals surface area contributed by atoms with Crippen LogP contribution in [-0.4, -0.2) is 70.1 Å². The van der Waals surface area contributed by atoms with Crippen molar-refractivity contribution in [1.82, 2.24) is 0 Å². The molecule has 7 heteroatoms. The molecule has 0 spiro atoms. The molecule has 1 radical (unpaired) electrons. The zero-order valence-corrected chi connectivity index (χ0v) is 33.4. The van der Waals surface area contributed by atoms with E-state index in [0.717, 1.165) is 24.3 Å². The molecular weight excluding hydrogens is 775 g/mol. The van der Waals surface area contributed by atoms with Gasteiger partial charge < -0.3 is 25.3 Å². The average Bonchev–Trinajstić information content (AvgIpc) is 2.79. The SMILES string of the molecule is CCC[S-].CCC[S-].C[As](C)c1ccccc1[As](C)C.C[As](C)c1ccccc1[As](C)C.[99Tc]. The van der Waals surface area contributed by atoms with Gasteiger partial charge in [0.05, 0.1) is 0 Å². The summed E-state index contributed by atoms with van der Waals surface area (Å²) in [6, 6.07) is 18.1. The van der Waals surface area contributed by atoms with Gasteiger partial charge in [-0.1, -0.05) is 26.7 Å². The molecular formula is C26H46As4S2Tc-2. The van der Waals surface area contributed by atoms with Crippen molar-refractivity contribution in [2.75, 3.05) is 11.5 Å². The van der Waals surface area contributed by atoms with E-state index in [1.54, 1.807) is 17.4 Å². The minimum atomic E-state index is -0.651. The third kappa shape index (κ3) is 19.8. The predicted molar refractivity (Wildman–Crippen MR) is 166 cm³/mol. The molecule has 0 atom stereocenters. The summed E-state index contributed by atoms with van der Waals surface area (Å²) in [5.74, 6) is 1.81. The Morgan fingerprint density at radius 1 is 0.485 bits per heavy atom. The molecule has 0 bridgehead atoms. The van der Waals surface area contributed by atoms with Crippen molar-refractivity contribution in [3.8, 4) is 0 Å². The third-order valence-corrected chi connectivity index (χ3v) is 17.9. The van der Waals surface area contributed by atoms with Crippen LogP contribution in [-0.2, 0) is 45.4 Å². The maximum Gasteiger partial charge on any atom is 0 e. The molecule has 0 unspecified atom stereocenters. The van der Waals surface area contributed by atoms with Crippen LogP contribution >= 0.6 is 0 Å². The van der Waals surface area contributed by atoms with E-state index in [0.29, 0.717) is 0 Å². The number of benzene rings is 2. The molecule has 2 aromatic carbocycles. The second-order valence-corrected chi connectivity index (χ2v) is 27.8. The molecule has 2 rings (SSSR count). The Balaban J connectivity index is -0.000000405. The minimum Gasteiger partial charge on any atom is 0 e. The molecule has 0 aromatic heterocycles. The van der Waals surface area contributed by atoms with Gasteiger partial charge in [-0.2, -0.15) is 11.5 Å². The molecule has 0 heterocycles. The van der Waals surface area contributed by atoms with E-state index in [9.17, 15) is 0 Å². The van der Waals surface area contributed by atoms with Crippen LogP contribution < -0.4 is 17.4 Å². The molecule has 0 aliphatic rings. The predicted octanol–water partition coefficient (Wildman–Crippen LogP) is 5.10. The van der Waals surface area contributed by atoms with E-state index in [1.807, 2.05) is 0 Å².